The minimum Gasteiger partial charge on any atom is -0.363 e. The zero-order valence-electron chi connectivity index (χ0n) is 10.8. The smallest absolute Gasteiger partial charge is 0.363 e. The normalized spacial score (nSPS) is 20.0. The Morgan fingerprint density at radius 3 is 2.70 bits per heavy atom. The van der Waals surface area contributed by atoms with Crippen LogP contribution in [0.5, 0.6) is 0 Å². The van der Waals surface area contributed by atoms with Gasteiger partial charge in [-0.15, -0.1) is 0 Å². The van der Waals surface area contributed by atoms with E-state index < -0.39 is 22.4 Å². The Morgan fingerprint density at radius 2 is 2.15 bits per heavy atom. The number of nitro groups is 1. The molecule has 1 heterocycles. The number of nitrogens with zero attached hydrogens (tertiary/aromatic N) is 2. The fourth-order valence-electron chi connectivity index (χ4n) is 2.26. The first-order chi connectivity index (χ1) is 9.29. The minimum absolute atomic E-state index is 0.130. The quantitative estimate of drug-likeness (QED) is 0.671. The number of hydrogen-bond acceptors (Lipinski definition) is 4. The van der Waals surface area contributed by atoms with E-state index in [0.29, 0.717) is 25.7 Å². The first kappa shape index (κ1) is 14.6. The van der Waals surface area contributed by atoms with E-state index in [0.717, 1.165) is 6.07 Å². The molecule has 0 unspecified atom stereocenters. The molecule has 2 rings (SSSR count). The summed E-state index contributed by atoms with van der Waals surface area (Å²) in [5.41, 5.74) is -1.28. The van der Waals surface area contributed by atoms with Crippen molar-refractivity contribution in [1.29, 1.82) is 0 Å². The van der Waals surface area contributed by atoms with Crippen LogP contribution in [0.4, 0.5) is 24.5 Å². The summed E-state index contributed by atoms with van der Waals surface area (Å²) in [5.74, 6) is 0. The number of anilines is 1. The van der Waals surface area contributed by atoms with Gasteiger partial charge in [0.1, 0.15) is 5.69 Å². The standard InChI is InChI=1S/C12H14F3N3O2/c1-8-7-17(5-4-16-8)10-3-2-9(12(13,14)15)6-11(10)18(19)20/h2-3,6,8,16H,4-5,7H2,1H3/t8-/m1/s1. The summed E-state index contributed by atoms with van der Waals surface area (Å²) >= 11 is 0. The third-order valence-electron chi connectivity index (χ3n) is 3.21. The molecule has 5 nitrogen and oxygen atoms in total. The van der Waals surface area contributed by atoms with Crippen LogP contribution in [0.2, 0.25) is 0 Å². The second-order valence-corrected chi connectivity index (χ2v) is 4.76. The highest BCUT2D eigenvalue weighted by Crippen LogP contribution is 2.36. The topological polar surface area (TPSA) is 58.4 Å². The molecule has 0 amide bonds. The van der Waals surface area contributed by atoms with E-state index in [1.54, 1.807) is 4.90 Å². The monoisotopic (exact) mass is 289 g/mol. The average molecular weight is 289 g/mol. The lowest BCUT2D eigenvalue weighted by molar-refractivity contribution is -0.384. The molecule has 0 spiro atoms. The first-order valence-electron chi connectivity index (χ1n) is 6.13. The molecule has 1 atom stereocenters. The lowest BCUT2D eigenvalue weighted by Crippen LogP contribution is -2.49. The van der Waals surface area contributed by atoms with E-state index in [9.17, 15) is 23.3 Å². The Bertz CT molecular complexity index is 519. The molecule has 0 aliphatic carbocycles. The molecular formula is C12H14F3N3O2. The molecule has 1 saturated heterocycles. The second kappa shape index (κ2) is 5.28. The van der Waals surface area contributed by atoms with Gasteiger partial charge in [-0.05, 0) is 19.1 Å². The van der Waals surface area contributed by atoms with Crippen molar-refractivity contribution in [1.82, 2.24) is 5.32 Å². The van der Waals surface area contributed by atoms with Crippen LogP contribution in [0.1, 0.15) is 12.5 Å². The van der Waals surface area contributed by atoms with E-state index in [2.05, 4.69) is 5.32 Å². The zero-order chi connectivity index (χ0) is 14.9. The van der Waals surface area contributed by atoms with Gasteiger partial charge in [0.25, 0.3) is 5.69 Å². The Morgan fingerprint density at radius 1 is 1.45 bits per heavy atom. The van der Waals surface area contributed by atoms with Gasteiger partial charge in [0.2, 0.25) is 0 Å². The van der Waals surface area contributed by atoms with Crippen molar-refractivity contribution in [3.8, 4) is 0 Å². The number of piperazine rings is 1. The molecule has 0 bridgehead atoms. The van der Waals surface area contributed by atoms with Crippen molar-refractivity contribution in [2.24, 2.45) is 0 Å². The van der Waals surface area contributed by atoms with Crippen molar-refractivity contribution >= 4 is 11.4 Å². The maximum Gasteiger partial charge on any atom is 0.416 e. The van der Waals surface area contributed by atoms with Crippen LogP contribution in [0.15, 0.2) is 18.2 Å². The van der Waals surface area contributed by atoms with Gasteiger partial charge in [-0.2, -0.15) is 13.2 Å². The summed E-state index contributed by atoms with van der Waals surface area (Å²) in [6.07, 6.45) is -4.58. The van der Waals surface area contributed by atoms with E-state index in [1.165, 1.54) is 6.07 Å². The summed E-state index contributed by atoms with van der Waals surface area (Å²) in [4.78, 5) is 12.0. The van der Waals surface area contributed by atoms with Crippen LogP contribution < -0.4 is 10.2 Å². The van der Waals surface area contributed by atoms with Crippen molar-refractivity contribution < 1.29 is 18.1 Å². The van der Waals surface area contributed by atoms with Crippen molar-refractivity contribution in [3.63, 3.8) is 0 Å². The summed E-state index contributed by atoms with van der Waals surface area (Å²) in [6, 6.07) is 2.79. The second-order valence-electron chi connectivity index (χ2n) is 4.76. The summed E-state index contributed by atoms with van der Waals surface area (Å²) in [5, 5.41) is 14.2. The molecule has 20 heavy (non-hydrogen) atoms. The van der Waals surface area contributed by atoms with Gasteiger partial charge in [0, 0.05) is 31.7 Å². The molecular weight excluding hydrogens is 275 g/mol. The van der Waals surface area contributed by atoms with Gasteiger partial charge < -0.3 is 10.2 Å². The summed E-state index contributed by atoms with van der Waals surface area (Å²) in [6.45, 7) is 3.60. The van der Waals surface area contributed by atoms with Crippen molar-refractivity contribution in [3.05, 3.63) is 33.9 Å². The molecule has 1 aromatic rings. The van der Waals surface area contributed by atoms with Crippen LogP contribution in [0.3, 0.4) is 0 Å². The summed E-state index contributed by atoms with van der Waals surface area (Å²) in [7, 11) is 0. The Kier molecular flexibility index (Phi) is 3.85. The van der Waals surface area contributed by atoms with E-state index in [1.807, 2.05) is 6.92 Å². The van der Waals surface area contributed by atoms with Crippen LogP contribution >= 0.6 is 0 Å². The molecule has 0 saturated carbocycles. The highest BCUT2D eigenvalue weighted by atomic mass is 19.4. The molecule has 1 N–H and O–H groups in total. The number of nitro benzene ring substituents is 1. The zero-order valence-corrected chi connectivity index (χ0v) is 10.8. The lowest BCUT2D eigenvalue weighted by Gasteiger charge is -2.33. The fraction of sp³-hybridized carbons (Fsp3) is 0.500. The number of rotatable bonds is 2. The number of halogens is 3. The Balaban J connectivity index is 2.40. The van der Waals surface area contributed by atoms with E-state index in [-0.39, 0.29) is 11.7 Å². The Labute approximate surface area is 113 Å². The van der Waals surface area contributed by atoms with Gasteiger partial charge in [-0.25, -0.2) is 0 Å². The average Bonchev–Trinajstić information content (AvgIpc) is 2.37. The van der Waals surface area contributed by atoms with Gasteiger partial charge in [-0.1, -0.05) is 0 Å². The maximum absolute atomic E-state index is 12.6. The van der Waals surface area contributed by atoms with Crippen molar-refractivity contribution in [2.45, 2.75) is 19.1 Å². The van der Waals surface area contributed by atoms with Crippen LogP contribution in [0, 0.1) is 10.1 Å². The lowest BCUT2D eigenvalue weighted by atomic mass is 10.1. The maximum atomic E-state index is 12.6. The Hall–Kier alpha value is -1.83. The van der Waals surface area contributed by atoms with Crippen molar-refractivity contribution in [2.75, 3.05) is 24.5 Å². The largest absolute Gasteiger partial charge is 0.416 e. The molecule has 1 aromatic carbocycles. The summed E-state index contributed by atoms with van der Waals surface area (Å²) < 4.78 is 37.9. The minimum atomic E-state index is -4.58. The molecule has 1 aliphatic heterocycles. The molecule has 0 aromatic heterocycles. The van der Waals surface area contributed by atoms with Crippen LogP contribution in [0.25, 0.3) is 0 Å². The number of hydrogen-bond donors (Lipinski definition) is 1. The number of alkyl halides is 3. The van der Waals surface area contributed by atoms with Gasteiger partial charge >= 0.3 is 6.18 Å². The predicted molar refractivity (Wildman–Crippen MR) is 67.8 cm³/mol. The SMILES string of the molecule is C[C@@H]1CN(c2ccc(C(F)(F)F)cc2[N+](=O)[O-])CCN1. The highest BCUT2D eigenvalue weighted by Gasteiger charge is 2.34. The molecule has 1 fully saturated rings. The number of benzene rings is 1. The number of nitrogens with one attached hydrogen (secondary N) is 1. The van der Waals surface area contributed by atoms with E-state index >= 15 is 0 Å². The molecule has 1 aliphatic rings. The molecule has 110 valence electrons. The van der Waals surface area contributed by atoms with Crippen LogP contribution in [-0.4, -0.2) is 30.6 Å². The fourth-order valence-corrected chi connectivity index (χ4v) is 2.26. The molecule has 0 radical (unpaired) electrons. The van der Waals surface area contributed by atoms with Crippen LogP contribution in [-0.2, 0) is 6.18 Å². The first-order valence-corrected chi connectivity index (χ1v) is 6.13. The predicted octanol–water partition coefficient (Wildman–Crippen LogP) is 2.41. The highest BCUT2D eigenvalue weighted by molar-refractivity contribution is 5.65. The van der Waals surface area contributed by atoms with E-state index in [4.69, 9.17) is 0 Å². The van der Waals surface area contributed by atoms with Gasteiger partial charge in [-0.3, -0.25) is 10.1 Å². The van der Waals surface area contributed by atoms with Gasteiger partial charge in [0.05, 0.1) is 10.5 Å². The third-order valence-corrected chi connectivity index (χ3v) is 3.21. The third kappa shape index (κ3) is 3.01. The molecule has 8 heteroatoms. The van der Waals surface area contributed by atoms with Gasteiger partial charge in [0.15, 0.2) is 0 Å².